The zero-order valence-corrected chi connectivity index (χ0v) is 26.6. The van der Waals surface area contributed by atoms with Gasteiger partial charge in [-0.15, -0.1) is 0 Å². The van der Waals surface area contributed by atoms with Gasteiger partial charge in [0, 0.05) is 32.3 Å². The lowest BCUT2D eigenvalue weighted by molar-refractivity contribution is 0.542. The van der Waals surface area contributed by atoms with Crippen LogP contribution in [0.5, 0.6) is 0 Å². The normalized spacial score (nSPS) is 16.1. The summed E-state index contributed by atoms with van der Waals surface area (Å²) in [4.78, 5) is 1.84. The summed E-state index contributed by atoms with van der Waals surface area (Å²) in [6.07, 6.45) is 0. The quantitative estimate of drug-likeness (QED) is 0.345. The Bertz CT molecular complexity index is 376. The summed E-state index contributed by atoms with van der Waals surface area (Å²) in [6, 6.07) is 0. The molecule has 0 aliphatic heterocycles. The van der Waals surface area contributed by atoms with Gasteiger partial charge in [0.25, 0.3) is 0 Å². The molecule has 7 heteroatoms. The van der Waals surface area contributed by atoms with Gasteiger partial charge < -0.3 is 4.12 Å². The Hall–Kier alpha value is 1.26. The van der Waals surface area contributed by atoms with E-state index in [-0.39, 0.29) is 0 Å². The van der Waals surface area contributed by atoms with Gasteiger partial charge in [0.15, 0.2) is 16.6 Å². The van der Waals surface area contributed by atoms with Gasteiger partial charge in [0.05, 0.1) is 0 Å². The summed E-state index contributed by atoms with van der Waals surface area (Å²) in [5.74, 6) is 0. The highest BCUT2D eigenvalue weighted by Crippen LogP contribution is 2.46. The first-order valence-electron chi connectivity index (χ1n) is 10.1. The summed E-state index contributed by atoms with van der Waals surface area (Å²) in [5.41, 5.74) is 0. The minimum absolute atomic E-state index is 0.920. The molecule has 1 nitrogen and oxygen atoms in total. The van der Waals surface area contributed by atoms with Crippen LogP contribution in [0.2, 0.25) is 114 Å². The van der Waals surface area contributed by atoms with Crippen molar-refractivity contribution in [2.24, 2.45) is 0 Å². The second kappa shape index (κ2) is 7.59. The average Bonchev–Trinajstić information content (AvgIpc) is 1.98. The molecule has 0 saturated heterocycles. The summed E-state index contributed by atoms with van der Waals surface area (Å²) in [5, 5.41) is 0. The Morgan fingerprint density at radius 1 is 0.360 bits per heavy atom. The molecule has 0 rings (SSSR count). The molecule has 0 N–H and O–H groups in total. The molecule has 0 saturated carbocycles. The monoisotopic (exact) mass is 450 g/mol. The molecular weight excluding hydrogens is 401 g/mol. The molecule has 0 bridgehead atoms. The van der Waals surface area contributed by atoms with Crippen molar-refractivity contribution in [3.05, 3.63) is 0 Å². The molecule has 0 spiro atoms. The van der Waals surface area contributed by atoms with E-state index in [1.54, 1.807) is 0 Å². The van der Waals surface area contributed by atoms with E-state index in [0.29, 0.717) is 0 Å². The molecule has 0 aliphatic rings. The molecule has 0 radical (unpaired) electrons. The Morgan fingerprint density at radius 3 is 0.640 bits per heavy atom. The predicted molar refractivity (Wildman–Crippen MR) is 137 cm³/mol. The van der Waals surface area contributed by atoms with Crippen LogP contribution >= 0.6 is 0 Å². The van der Waals surface area contributed by atoms with Crippen molar-refractivity contribution < 1.29 is 4.12 Å². The van der Waals surface area contributed by atoms with E-state index in [2.05, 4.69) is 105 Å². The Morgan fingerprint density at radius 2 is 0.520 bits per heavy atom. The summed E-state index contributed by atoms with van der Waals surface area (Å²) in [7, 11) is -8.42. The first kappa shape index (κ1) is 26.3. The van der Waals surface area contributed by atoms with Gasteiger partial charge in [-0.25, -0.2) is 0 Å². The highest BCUT2D eigenvalue weighted by Gasteiger charge is 2.55. The lowest BCUT2D eigenvalue weighted by Crippen LogP contribution is -2.65. The van der Waals surface area contributed by atoms with Crippen molar-refractivity contribution in [3.63, 3.8) is 0 Å². The maximum absolute atomic E-state index is 7.47. The van der Waals surface area contributed by atoms with E-state index in [4.69, 9.17) is 4.12 Å². The summed E-state index contributed by atoms with van der Waals surface area (Å²) >= 11 is 0. The molecule has 0 heterocycles. The summed E-state index contributed by atoms with van der Waals surface area (Å²) < 4.78 is 7.47. The van der Waals surface area contributed by atoms with Crippen LogP contribution in [-0.4, -0.2) is 48.9 Å². The third-order valence-corrected chi connectivity index (χ3v) is 48.4. The van der Waals surface area contributed by atoms with Crippen molar-refractivity contribution in [2.45, 2.75) is 114 Å². The first-order chi connectivity index (χ1) is 10.4. The largest absolute Gasteiger partial charge is 0.456 e. The van der Waals surface area contributed by atoms with Gasteiger partial charge in [-0.3, -0.25) is 0 Å². The van der Waals surface area contributed by atoms with E-state index in [1.165, 1.54) is 0 Å². The van der Waals surface area contributed by atoms with E-state index in [9.17, 15) is 0 Å². The molecule has 152 valence electrons. The van der Waals surface area contributed by atoms with E-state index >= 15 is 0 Å². The maximum Gasteiger partial charge on any atom is 0.171 e. The van der Waals surface area contributed by atoms with Crippen molar-refractivity contribution in [1.82, 2.24) is 0 Å². The molecule has 0 unspecified atom stereocenters. The van der Waals surface area contributed by atoms with Crippen LogP contribution < -0.4 is 0 Å². The molecule has 0 aromatic rings. The van der Waals surface area contributed by atoms with Crippen molar-refractivity contribution in [2.75, 3.05) is 0 Å². The molecule has 0 aromatic carbocycles. The summed E-state index contributed by atoms with van der Waals surface area (Å²) in [6.45, 7) is 41.4. The van der Waals surface area contributed by atoms with Gasteiger partial charge in [-0.05, 0) is 35.8 Å². The first-order valence-corrected chi connectivity index (χ1v) is 30.4. The fourth-order valence-electron chi connectivity index (χ4n) is 7.57. The Labute approximate surface area is 167 Å². The maximum atomic E-state index is 7.47. The van der Waals surface area contributed by atoms with Gasteiger partial charge in [-0.2, -0.15) is 0 Å². The Kier molecular flexibility index (Phi) is 7.97. The number of rotatable bonds is 8. The lowest BCUT2D eigenvalue weighted by atomic mass is 11.7. The van der Waals surface area contributed by atoms with Crippen molar-refractivity contribution in [3.8, 4) is 0 Å². The number of hydrogen-bond acceptors (Lipinski definition) is 1. The van der Waals surface area contributed by atoms with Crippen LogP contribution in [-0.2, 0) is 4.12 Å². The second-order valence-electron chi connectivity index (χ2n) is 13.6. The predicted octanol–water partition coefficient (Wildman–Crippen LogP) is 7.66. The molecule has 0 fully saturated rings. The third kappa shape index (κ3) is 7.30. The molecule has 0 aliphatic carbocycles. The molecule has 0 atom stereocenters. The van der Waals surface area contributed by atoms with Gasteiger partial charge in [0.2, 0.25) is 0 Å². The SMILES string of the molecule is C[Si](C)(C)C([Si](C)(C)C)[Si](C)(C)O[Si](C)(C)C([Si](C)(C)C)[Si](C)(C)C. The van der Waals surface area contributed by atoms with Crippen molar-refractivity contribution >= 4 is 48.9 Å². The molecule has 0 aromatic heterocycles. The standard InChI is InChI=1S/C18H50OSi6/c1-20(2,3)17(21(4,5)6)24(13,14)19-25(15,16)18(22(7,8)9)23(10,11)12/h17-18H,1-16H3. The van der Waals surface area contributed by atoms with Crippen LogP contribution in [0.4, 0.5) is 0 Å². The van der Waals surface area contributed by atoms with E-state index in [1.807, 2.05) is 0 Å². The van der Waals surface area contributed by atoms with Gasteiger partial charge >= 0.3 is 0 Å². The molecule has 0 amide bonds. The Balaban J connectivity index is 6.06. The lowest BCUT2D eigenvalue weighted by Gasteiger charge is -2.54. The fraction of sp³-hybridized carbons (Fsp3) is 1.00. The van der Waals surface area contributed by atoms with Crippen LogP contribution in [0.3, 0.4) is 0 Å². The molecule has 25 heavy (non-hydrogen) atoms. The zero-order chi connectivity index (χ0) is 20.9. The third-order valence-electron chi connectivity index (χ3n) is 5.38. The fourth-order valence-corrected chi connectivity index (χ4v) is 70.2. The topological polar surface area (TPSA) is 9.23 Å². The van der Waals surface area contributed by atoms with Crippen LogP contribution in [0, 0.1) is 0 Å². The van der Waals surface area contributed by atoms with Gasteiger partial charge in [-0.1, -0.05) is 78.6 Å². The zero-order valence-electron chi connectivity index (χ0n) is 20.6. The second-order valence-corrected chi connectivity index (χ2v) is 46.7. The highest BCUT2D eigenvalue weighted by atomic mass is 28.5. The minimum atomic E-state index is -1.73. The van der Waals surface area contributed by atoms with E-state index < -0.39 is 48.9 Å². The van der Waals surface area contributed by atoms with Crippen LogP contribution in [0.25, 0.3) is 0 Å². The highest BCUT2D eigenvalue weighted by molar-refractivity contribution is 7.15. The smallest absolute Gasteiger partial charge is 0.171 e. The van der Waals surface area contributed by atoms with Crippen LogP contribution in [0.1, 0.15) is 0 Å². The van der Waals surface area contributed by atoms with Gasteiger partial charge in [0.1, 0.15) is 0 Å². The minimum Gasteiger partial charge on any atom is -0.456 e. The number of hydrogen-bond donors (Lipinski definition) is 0. The van der Waals surface area contributed by atoms with Crippen molar-refractivity contribution in [1.29, 1.82) is 0 Å². The molecular formula is C18H50OSi6. The van der Waals surface area contributed by atoms with E-state index in [0.717, 1.165) is 9.58 Å². The van der Waals surface area contributed by atoms with Crippen LogP contribution in [0.15, 0.2) is 0 Å². The average molecular weight is 451 g/mol.